The average Bonchev–Trinajstić information content (AvgIpc) is 2.50. The molecule has 3 aliphatic rings. The van der Waals surface area contributed by atoms with E-state index in [1.54, 1.807) is 0 Å². The summed E-state index contributed by atoms with van der Waals surface area (Å²) in [7, 11) is 0. The minimum Gasteiger partial charge on any atom is -0.490 e. The molecule has 118 valence electrons. The summed E-state index contributed by atoms with van der Waals surface area (Å²) in [6.45, 7) is 4.52. The molecule has 3 nitrogen and oxygen atoms in total. The summed E-state index contributed by atoms with van der Waals surface area (Å²) >= 11 is 12.5. The molecule has 0 aromatic heterocycles. The van der Waals surface area contributed by atoms with E-state index < -0.39 is 0 Å². The molecule has 2 bridgehead atoms. The number of Topliss-reactive ketones (excluding diaryl/α,β-unsaturated/α-hetero) is 1. The lowest BCUT2D eigenvalue weighted by atomic mass is 9.84. The van der Waals surface area contributed by atoms with E-state index in [1.807, 2.05) is 25.1 Å². The van der Waals surface area contributed by atoms with Gasteiger partial charge in [0.25, 0.3) is 0 Å². The van der Waals surface area contributed by atoms with Crippen LogP contribution in [0.2, 0.25) is 10.0 Å². The van der Waals surface area contributed by atoms with Crippen LogP contribution in [0.3, 0.4) is 0 Å². The Labute approximate surface area is 140 Å². The van der Waals surface area contributed by atoms with Gasteiger partial charge in [0, 0.05) is 19.0 Å². The fourth-order valence-corrected chi connectivity index (χ4v) is 3.69. The Bertz CT molecular complexity index is 596. The molecule has 4 rings (SSSR count). The van der Waals surface area contributed by atoms with E-state index in [-0.39, 0.29) is 11.7 Å². The first-order chi connectivity index (χ1) is 10.6. The number of ether oxygens (including phenoxy) is 1. The highest BCUT2D eigenvalue weighted by molar-refractivity contribution is 6.37. The molecule has 0 amide bonds. The summed E-state index contributed by atoms with van der Waals surface area (Å²) in [6.07, 6.45) is 4.74. The van der Waals surface area contributed by atoms with Crippen LogP contribution >= 0.6 is 23.2 Å². The molecule has 3 heterocycles. The number of ketones is 1. The predicted octanol–water partition coefficient (Wildman–Crippen LogP) is 4.42. The number of halogens is 2. The number of carbonyl (C=O) groups is 1. The van der Waals surface area contributed by atoms with Crippen LogP contribution < -0.4 is 4.74 Å². The number of hydrogen-bond donors (Lipinski definition) is 0. The van der Waals surface area contributed by atoms with Crippen molar-refractivity contribution in [2.75, 3.05) is 19.7 Å². The Balaban J connectivity index is 1.89. The van der Waals surface area contributed by atoms with E-state index in [1.165, 1.54) is 0 Å². The normalized spacial score (nSPS) is 20.0. The van der Waals surface area contributed by atoms with Crippen molar-refractivity contribution >= 4 is 35.1 Å². The maximum Gasteiger partial charge on any atom is 0.182 e. The van der Waals surface area contributed by atoms with Crippen molar-refractivity contribution in [2.45, 2.75) is 26.2 Å². The van der Waals surface area contributed by atoms with E-state index in [0.29, 0.717) is 22.4 Å². The zero-order valence-electron chi connectivity index (χ0n) is 12.6. The van der Waals surface area contributed by atoms with Crippen LogP contribution in [0.15, 0.2) is 17.8 Å². The zero-order valence-corrected chi connectivity index (χ0v) is 14.1. The molecule has 0 N–H and O–H groups in total. The van der Waals surface area contributed by atoms with Crippen LogP contribution in [0, 0.1) is 5.92 Å². The van der Waals surface area contributed by atoms with Gasteiger partial charge < -0.3 is 9.64 Å². The molecule has 22 heavy (non-hydrogen) atoms. The lowest BCUT2D eigenvalue weighted by Gasteiger charge is -2.41. The van der Waals surface area contributed by atoms with Crippen molar-refractivity contribution in [2.24, 2.45) is 5.92 Å². The maximum absolute atomic E-state index is 12.4. The van der Waals surface area contributed by atoms with Crippen LogP contribution in [0.4, 0.5) is 0 Å². The minimum absolute atomic E-state index is 0.189. The van der Waals surface area contributed by atoms with Gasteiger partial charge in [-0.25, -0.2) is 0 Å². The third-order valence-electron chi connectivity index (χ3n) is 4.23. The molecule has 3 aliphatic heterocycles. The fraction of sp³-hybridized carbons (Fsp3) is 0.471. The van der Waals surface area contributed by atoms with Gasteiger partial charge in [-0.15, -0.1) is 0 Å². The molecular formula is C17H19Cl2NO2. The van der Waals surface area contributed by atoms with Crippen LogP contribution in [0.25, 0.3) is 6.08 Å². The van der Waals surface area contributed by atoms with Gasteiger partial charge in [-0.05, 0) is 43.0 Å². The second kappa shape index (κ2) is 6.51. The molecule has 0 saturated carbocycles. The van der Waals surface area contributed by atoms with Crippen LogP contribution in [0.5, 0.6) is 5.75 Å². The van der Waals surface area contributed by atoms with Gasteiger partial charge in [0.15, 0.2) is 11.5 Å². The Hall–Kier alpha value is -1.19. The first-order valence-electron chi connectivity index (χ1n) is 7.73. The lowest BCUT2D eigenvalue weighted by molar-refractivity contribution is -0.125. The Morgan fingerprint density at radius 2 is 1.91 bits per heavy atom. The van der Waals surface area contributed by atoms with Crippen molar-refractivity contribution < 1.29 is 9.53 Å². The molecule has 0 atom stereocenters. The van der Waals surface area contributed by atoms with Crippen molar-refractivity contribution in [1.29, 1.82) is 0 Å². The number of fused-ring (bicyclic) bond motifs is 3. The smallest absolute Gasteiger partial charge is 0.182 e. The number of piperidine rings is 3. The van der Waals surface area contributed by atoms with E-state index in [4.69, 9.17) is 27.9 Å². The highest BCUT2D eigenvalue weighted by atomic mass is 35.5. The number of benzene rings is 1. The van der Waals surface area contributed by atoms with Crippen molar-refractivity contribution in [3.63, 3.8) is 0 Å². The van der Waals surface area contributed by atoms with Gasteiger partial charge in [-0.2, -0.15) is 0 Å². The first-order valence-corrected chi connectivity index (χ1v) is 8.48. The number of nitrogens with zero attached hydrogens (tertiary/aromatic N) is 1. The summed E-state index contributed by atoms with van der Waals surface area (Å²) in [4.78, 5) is 14.5. The number of allylic oxidation sites excluding steroid dienone is 1. The molecule has 1 aromatic rings. The number of carbonyl (C=O) groups excluding carboxylic acids is 1. The zero-order chi connectivity index (χ0) is 15.7. The van der Waals surface area contributed by atoms with E-state index in [9.17, 15) is 4.79 Å². The second-order valence-corrected chi connectivity index (χ2v) is 6.63. The molecule has 3 fully saturated rings. The van der Waals surface area contributed by atoms with Gasteiger partial charge >= 0.3 is 0 Å². The summed E-state index contributed by atoms with van der Waals surface area (Å²) in [5.41, 5.74) is 1.63. The summed E-state index contributed by atoms with van der Waals surface area (Å²) < 4.78 is 5.57. The predicted molar refractivity (Wildman–Crippen MR) is 89.5 cm³/mol. The highest BCUT2D eigenvalue weighted by Crippen LogP contribution is 2.37. The van der Waals surface area contributed by atoms with Crippen molar-refractivity contribution in [3.8, 4) is 5.75 Å². The molecule has 3 saturated heterocycles. The highest BCUT2D eigenvalue weighted by Gasteiger charge is 2.36. The van der Waals surface area contributed by atoms with Gasteiger partial charge in [0.2, 0.25) is 0 Å². The van der Waals surface area contributed by atoms with Crippen LogP contribution in [-0.4, -0.2) is 30.4 Å². The van der Waals surface area contributed by atoms with Crippen LogP contribution in [0.1, 0.15) is 31.7 Å². The molecule has 0 radical (unpaired) electrons. The number of rotatable bonds is 4. The van der Waals surface area contributed by atoms with Crippen LogP contribution in [-0.2, 0) is 4.79 Å². The largest absolute Gasteiger partial charge is 0.490 e. The topological polar surface area (TPSA) is 29.5 Å². The Morgan fingerprint density at radius 3 is 2.45 bits per heavy atom. The standard InChI is InChI=1S/C17H19Cl2NO2/c1-2-7-22-17-13(18)8-11(9-14(17)19)10-15-16(21)12-3-5-20(15)6-4-12/h8-10,12H,2-7H2,1H3/b15-10-. The molecule has 5 heteroatoms. The van der Waals surface area contributed by atoms with Gasteiger partial charge in [-0.1, -0.05) is 30.1 Å². The van der Waals surface area contributed by atoms with Gasteiger partial charge in [-0.3, -0.25) is 4.79 Å². The molecule has 0 unspecified atom stereocenters. The van der Waals surface area contributed by atoms with E-state index >= 15 is 0 Å². The van der Waals surface area contributed by atoms with E-state index in [2.05, 4.69) is 4.90 Å². The molecule has 1 aromatic carbocycles. The first kappa shape index (κ1) is 15.7. The summed E-state index contributed by atoms with van der Waals surface area (Å²) in [5, 5.41) is 0.965. The Morgan fingerprint density at radius 1 is 1.27 bits per heavy atom. The Kier molecular flexibility index (Phi) is 4.65. The summed E-state index contributed by atoms with van der Waals surface area (Å²) in [6, 6.07) is 3.62. The monoisotopic (exact) mass is 339 g/mol. The average molecular weight is 340 g/mol. The van der Waals surface area contributed by atoms with Crippen molar-refractivity contribution in [1.82, 2.24) is 4.90 Å². The van der Waals surface area contributed by atoms with Crippen molar-refractivity contribution in [3.05, 3.63) is 33.4 Å². The second-order valence-electron chi connectivity index (χ2n) is 5.82. The molecule has 0 spiro atoms. The third kappa shape index (κ3) is 2.97. The lowest BCUT2D eigenvalue weighted by Crippen LogP contribution is -2.45. The number of hydrogen-bond acceptors (Lipinski definition) is 3. The quantitative estimate of drug-likeness (QED) is 0.760. The van der Waals surface area contributed by atoms with E-state index in [0.717, 1.165) is 43.6 Å². The van der Waals surface area contributed by atoms with Gasteiger partial charge in [0.1, 0.15) is 0 Å². The summed E-state index contributed by atoms with van der Waals surface area (Å²) in [5.74, 6) is 0.953. The molecule has 0 aliphatic carbocycles. The van der Waals surface area contributed by atoms with Gasteiger partial charge in [0.05, 0.1) is 22.3 Å². The SMILES string of the molecule is CCCOc1c(Cl)cc(/C=C2/C(=O)C3CCN2CC3)cc1Cl. The third-order valence-corrected chi connectivity index (χ3v) is 4.79. The fourth-order valence-electron chi connectivity index (χ4n) is 3.07. The maximum atomic E-state index is 12.4. The molecular weight excluding hydrogens is 321 g/mol. The minimum atomic E-state index is 0.189.